The summed E-state index contributed by atoms with van der Waals surface area (Å²) in [6, 6.07) is 8.14. The van der Waals surface area contributed by atoms with Crippen molar-refractivity contribution in [2.75, 3.05) is 5.32 Å². The molecule has 104 valence electrons. The number of anilines is 1. The number of nitrogens with zero attached hydrogens (tertiary/aromatic N) is 1. The molecule has 1 aromatic carbocycles. The number of benzene rings is 1. The van der Waals surface area contributed by atoms with Gasteiger partial charge in [-0.05, 0) is 49.3 Å². The summed E-state index contributed by atoms with van der Waals surface area (Å²) in [6.07, 6.45) is 7.25. The lowest BCUT2D eigenvalue weighted by atomic mass is 9.86. The number of hydrogen-bond donors (Lipinski definition) is 2. The van der Waals surface area contributed by atoms with Gasteiger partial charge in [0.25, 0.3) is 0 Å². The summed E-state index contributed by atoms with van der Waals surface area (Å²) in [7, 11) is 0. The highest BCUT2D eigenvalue weighted by molar-refractivity contribution is 5.95. The summed E-state index contributed by atoms with van der Waals surface area (Å²) in [5, 5.41) is 5.18. The molecular weight excluding hydrogens is 250 g/mol. The molecule has 0 unspecified atom stereocenters. The molecule has 0 radical (unpaired) electrons. The smallest absolute Gasteiger partial charge is 0.227 e. The number of nitrogens with two attached hydrogens (primary N) is 1. The number of carbonyl (C=O) groups excluding carboxylic acids is 1. The maximum atomic E-state index is 12.2. The monoisotopic (exact) mass is 269 g/mol. The van der Waals surface area contributed by atoms with Crippen LogP contribution in [-0.2, 0) is 4.79 Å². The van der Waals surface area contributed by atoms with Gasteiger partial charge >= 0.3 is 0 Å². The molecule has 4 nitrogen and oxygen atoms in total. The van der Waals surface area contributed by atoms with E-state index in [-0.39, 0.29) is 17.9 Å². The Kier molecular flexibility index (Phi) is 3.65. The second kappa shape index (κ2) is 5.59. The summed E-state index contributed by atoms with van der Waals surface area (Å²) in [4.78, 5) is 16.3. The quantitative estimate of drug-likeness (QED) is 0.880. The van der Waals surface area contributed by atoms with Crippen LogP contribution < -0.4 is 11.1 Å². The van der Waals surface area contributed by atoms with Crippen molar-refractivity contribution in [3.8, 4) is 0 Å². The van der Waals surface area contributed by atoms with Gasteiger partial charge in [0.1, 0.15) is 0 Å². The van der Waals surface area contributed by atoms with Gasteiger partial charge in [-0.25, -0.2) is 0 Å². The molecule has 1 aromatic heterocycles. The van der Waals surface area contributed by atoms with Crippen LogP contribution in [-0.4, -0.2) is 16.9 Å². The number of amides is 1. The number of aromatic nitrogens is 1. The Bertz CT molecular complexity index is 618. The van der Waals surface area contributed by atoms with E-state index in [9.17, 15) is 4.79 Å². The molecule has 0 spiro atoms. The third-order valence-electron chi connectivity index (χ3n) is 4.05. The fourth-order valence-electron chi connectivity index (χ4n) is 2.79. The molecule has 1 saturated carbocycles. The Balaban J connectivity index is 1.71. The minimum atomic E-state index is 0.0967. The molecule has 1 fully saturated rings. The lowest BCUT2D eigenvalue weighted by molar-refractivity contribution is -0.120. The van der Waals surface area contributed by atoms with E-state index in [2.05, 4.69) is 10.3 Å². The van der Waals surface area contributed by atoms with Gasteiger partial charge < -0.3 is 11.1 Å². The van der Waals surface area contributed by atoms with Gasteiger partial charge in [-0.3, -0.25) is 9.78 Å². The van der Waals surface area contributed by atoms with Crippen molar-refractivity contribution < 1.29 is 4.79 Å². The van der Waals surface area contributed by atoms with Crippen LogP contribution in [0.15, 0.2) is 36.7 Å². The minimum absolute atomic E-state index is 0.0967. The van der Waals surface area contributed by atoms with Crippen molar-refractivity contribution in [1.82, 2.24) is 4.98 Å². The van der Waals surface area contributed by atoms with Crippen molar-refractivity contribution in [1.29, 1.82) is 0 Å². The molecule has 0 saturated heterocycles. The summed E-state index contributed by atoms with van der Waals surface area (Å²) in [6.45, 7) is 0. The van der Waals surface area contributed by atoms with Crippen LogP contribution in [0.5, 0.6) is 0 Å². The van der Waals surface area contributed by atoms with Crippen molar-refractivity contribution in [2.24, 2.45) is 11.7 Å². The molecule has 3 rings (SSSR count). The Morgan fingerprint density at radius 1 is 1.15 bits per heavy atom. The third kappa shape index (κ3) is 2.80. The van der Waals surface area contributed by atoms with Gasteiger partial charge in [-0.2, -0.15) is 0 Å². The number of rotatable bonds is 2. The molecule has 1 aliphatic rings. The second-order valence-electron chi connectivity index (χ2n) is 5.54. The zero-order valence-corrected chi connectivity index (χ0v) is 11.4. The lowest BCUT2D eigenvalue weighted by Gasteiger charge is -2.25. The molecule has 4 heteroatoms. The molecule has 20 heavy (non-hydrogen) atoms. The Labute approximate surface area is 118 Å². The normalized spacial score (nSPS) is 22.6. The summed E-state index contributed by atoms with van der Waals surface area (Å²) in [5.41, 5.74) is 6.71. The third-order valence-corrected chi connectivity index (χ3v) is 4.05. The molecule has 0 aliphatic heterocycles. The van der Waals surface area contributed by atoms with Gasteiger partial charge in [0.05, 0.1) is 0 Å². The maximum Gasteiger partial charge on any atom is 0.227 e. The van der Waals surface area contributed by atoms with Crippen LogP contribution >= 0.6 is 0 Å². The number of nitrogens with one attached hydrogen (secondary N) is 1. The van der Waals surface area contributed by atoms with E-state index in [1.807, 2.05) is 30.5 Å². The Hall–Kier alpha value is -1.94. The van der Waals surface area contributed by atoms with E-state index in [0.717, 1.165) is 42.1 Å². The lowest BCUT2D eigenvalue weighted by Crippen LogP contribution is -2.32. The summed E-state index contributed by atoms with van der Waals surface area (Å²) < 4.78 is 0. The van der Waals surface area contributed by atoms with Crippen LogP contribution in [0.25, 0.3) is 10.8 Å². The first-order valence-electron chi connectivity index (χ1n) is 7.12. The van der Waals surface area contributed by atoms with E-state index in [0.29, 0.717) is 0 Å². The highest BCUT2D eigenvalue weighted by Gasteiger charge is 2.24. The SMILES string of the molecule is NC1CCC(C(=O)Nc2ccc3ccncc3c2)CC1. The van der Waals surface area contributed by atoms with Gasteiger partial charge in [0.2, 0.25) is 5.91 Å². The van der Waals surface area contributed by atoms with Crippen LogP contribution in [0.4, 0.5) is 5.69 Å². The molecule has 1 heterocycles. The predicted octanol–water partition coefficient (Wildman–Crippen LogP) is 2.69. The average Bonchev–Trinajstić information content (AvgIpc) is 2.48. The highest BCUT2D eigenvalue weighted by atomic mass is 16.1. The van der Waals surface area contributed by atoms with E-state index < -0.39 is 0 Å². The predicted molar refractivity (Wildman–Crippen MR) is 80.3 cm³/mol. The molecule has 1 amide bonds. The fraction of sp³-hybridized carbons (Fsp3) is 0.375. The van der Waals surface area contributed by atoms with Crippen LogP contribution in [0.1, 0.15) is 25.7 Å². The maximum absolute atomic E-state index is 12.2. The van der Waals surface area contributed by atoms with Gasteiger partial charge in [-0.1, -0.05) is 6.07 Å². The second-order valence-corrected chi connectivity index (χ2v) is 5.54. The molecule has 3 N–H and O–H groups in total. The number of fused-ring (bicyclic) bond motifs is 1. The molecule has 2 aromatic rings. The van der Waals surface area contributed by atoms with E-state index >= 15 is 0 Å². The first-order chi connectivity index (χ1) is 9.72. The van der Waals surface area contributed by atoms with E-state index in [4.69, 9.17) is 5.73 Å². The zero-order valence-electron chi connectivity index (χ0n) is 11.4. The van der Waals surface area contributed by atoms with Crippen molar-refractivity contribution >= 4 is 22.4 Å². The number of pyridine rings is 1. The first-order valence-corrected chi connectivity index (χ1v) is 7.12. The van der Waals surface area contributed by atoms with Gasteiger partial charge in [0, 0.05) is 35.4 Å². The molecular formula is C16H19N3O. The van der Waals surface area contributed by atoms with Gasteiger partial charge in [0.15, 0.2) is 0 Å². The van der Waals surface area contributed by atoms with Crippen molar-refractivity contribution in [3.63, 3.8) is 0 Å². The van der Waals surface area contributed by atoms with E-state index in [1.165, 1.54) is 0 Å². The van der Waals surface area contributed by atoms with Crippen LogP contribution in [0.3, 0.4) is 0 Å². The Morgan fingerprint density at radius 2 is 1.95 bits per heavy atom. The summed E-state index contributed by atoms with van der Waals surface area (Å²) >= 11 is 0. The topological polar surface area (TPSA) is 68.0 Å². The Morgan fingerprint density at radius 3 is 2.75 bits per heavy atom. The van der Waals surface area contributed by atoms with Crippen molar-refractivity contribution in [2.45, 2.75) is 31.7 Å². The first kappa shape index (κ1) is 13.1. The summed E-state index contributed by atoms with van der Waals surface area (Å²) in [5.74, 6) is 0.208. The van der Waals surface area contributed by atoms with Crippen LogP contribution in [0, 0.1) is 5.92 Å². The standard InChI is InChI=1S/C16H19N3O/c17-14-4-1-12(2-5-14)16(20)19-15-6-3-11-7-8-18-10-13(11)9-15/h3,6-10,12,14H,1-2,4-5,17H2,(H,19,20). The average molecular weight is 269 g/mol. The zero-order chi connectivity index (χ0) is 13.9. The minimum Gasteiger partial charge on any atom is -0.328 e. The molecule has 1 aliphatic carbocycles. The van der Waals surface area contributed by atoms with Crippen LogP contribution in [0.2, 0.25) is 0 Å². The fourth-order valence-corrected chi connectivity index (χ4v) is 2.79. The number of carbonyl (C=O) groups is 1. The molecule has 0 atom stereocenters. The largest absolute Gasteiger partial charge is 0.328 e. The molecule has 0 bridgehead atoms. The number of hydrogen-bond acceptors (Lipinski definition) is 3. The van der Waals surface area contributed by atoms with Gasteiger partial charge in [-0.15, -0.1) is 0 Å². The highest BCUT2D eigenvalue weighted by Crippen LogP contribution is 2.25. The van der Waals surface area contributed by atoms with E-state index in [1.54, 1.807) is 6.20 Å². The van der Waals surface area contributed by atoms with Crippen molar-refractivity contribution in [3.05, 3.63) is 36.7 Å².